The van der Waals surface area contributed by atoms with E-state index < -0.39 is 5.41 Å². The second-order valence-corrected chi connectivity index (χ2v) is 8.55. The van der Waals surface area contributed by atoms with Crippen molar-refractivity contribution in [3.63, 3.8) is 0 Å². The molecule has 0 aromatic heterocycles. The van der Waals surface area contributed by atoms with Gasteiger partial charge in [0.25, 0.3) is 5.91 Å². The van der Waals surface area contributed by atoms with Crippen molar-refractivity contribution >= 4 is 29.0 Å². The van der Waals surface area contributed by atoms with Gasteiger partial charge in [0.05, 0.1) is 23.6 Å². The molecule has 1 fully saturated rings. The molecule has 0 saturated carbocycles. The van der Waals surface area contributed by atoms with Gasteiger partial charge in [0.15, 0.2) is 0 Å². The van der Waals surface area contributed by atoms with Crippen LogP contribution in [0.25, 0.3) is 0 Å². The molecule has 1 spiro atoms. The second kappa shape index (κ2) is 7.52. The molecule has 0 bridgehead atoms. The zero-order valence-electron chi connectivity index (χ0n) is 18.0. The van der Waals surface area contributed by atoms with Crippen LogP contribution in [0.4, 0.5) is 11.4 Å². The van der Waals surface area contributed by atoms with Crippen LogP contribution in [0.1, 0.15) is 49.0 Å². The summed E-state index contributed by atoms with van der Waals surface area (Å²) in [4.78, 5) is 28.4. The van der Waals surface area contributed by atoms with E-state index in [1.165, 1.54) is 16.3 Å². The molecule has 3 aliphatic heterocycles. The number of anilines is 2. The maximum Gasteiger partial charge on any atom is 0.338 e. The van der Waals surface area contributed by atoms with Crippen LogP contribution in [0.3, 0.4) is 0 Å². The van der Waals surface area contributed by atoms with Gasteiger partial charge in [-0.25, -0.2) is 4.79 Å². The van der Waals surface area contributed by atoms with Crippen LogP contribution in [-0.2, 0) is 16.0 Å². The number of nitrogens with zero attached hydrogens (tertiary/aromatic N) is 3. The lowest BCUT2D eigenvalue weighted by Crippen LogP contribution is -2.61. The number of piperidine rings is 1. The van der Waals surface area contributed by atoms with Crippen LogP contribution in [0.2, 0.25) is 0 Å². The van der Waals surface area contributed by atoms with Gasteiger partial charge in [0, 0.05) is 18.3 Å². The smallest absolute Gasteiger partial charge is 0.338 e. The summed E-state index contributed by atoms with van der Waals surface area (Å²) in [6, 6.07) is 15.5. The third kappa shape index (κ3) is 2.96. The number of carbonyl (C=O) groups excluding carboxylic acids is 2. The van der Waals surface area contributed by atoms with Gasteiger partial charge in [0.2, 0.25) is 0 Å². The van der Waals surface area contributed by atoms with E-state index in [0.29, 0.717) is 24.3 Å². The maximum absolute atomic E-state index is 14.0. The molecule has 160 valence electrons. The molecule has 0 aliphatic carbocycles. The van der Waals surface area contributed by atoms with Gasteiger partial charge >= 0.3 is 5.97 Å². The zero-order chi connectivity index (χ0) is 21.6. The Hall–Kier alpha value is -3.15. The first kappa shape index (κ1) is 19.8. The summed E-state index contributed by atoms with van der Waals surface area (Å²) in [7, 11) is 0. The summed E-state index contributed by atoms with van der Waals surface area (Å²) in [6.45, 7) is 5.07. The van der Waals surface area contributed by atoms with Crippen molar-refractivity contribution in [1.29, 1.82) is 0 Å². The first-order valence-electron chi connectivity index (χ1n) is 11.1. The van der Waals surface area contributed by atoms with E-state index in [1.807, 2.05) is 6.92 Å². The van der Waals surface area contributed by atoms with Crippen molar-refractivity contribution < 1.29 is 14.3 Å². The molecule has 0 unspecified atom stereocenters. The molecular formula is C25H27N3O3. The minimum atomic E-state index is -0.644. The zero-order valence-corrected chi connectivity index (χ0v) is 18.0. The number of para-hydroxylation sites is 1. The van der Waals surface area contributed by atoms with E-state index in [-0.39, 0.29) is 17.9 Å². The molecular weight excluding hydrogens is 390 g/mol. The van der Waals surface area contributed by atoms with Crippen LogP contribution in [0.15, 0.2) is 53.6 Å². The third-order valence-corrected chi connectivity index (χ3v) is 6.93. The molecule has 6 nitrogen and oxygen atoms in total. The Bertz CT molecular complexity index is 1060. The summed E-state index contributed by atoms with van der Waals surface area (Å²) in [5.74, 6) is -0.333. The van der Waals surface area contributed by atoms with Crippen molar-refractivity contribution in [3.8, 4) is 0 Å². The Balaban J connectivity index is 1.51. The lowest BCUT2D eigenvalue weighted by Gasteiger charge is -2.51. The number of hydrogen-bond acceptors (Lipinski definition) is 5. The Morgan fingerprint density at radius 3 is 2.71 bits per heavy atom. The fourth-order valence-electron chi connectivity index (χ4n) is 5.43. The van der Waals surface area contributed by atoms with E-state index in [0.717, 1.165) is 31.5 Å². The molecule has 2 atom stereocenters. The minimum absolute atomic E-state index is 0.0280. The SMILES string of the molecule is CCOC(=O)c1ccc(N2N=C(C)[C@]3(Cc4ccccc4N4CCCC[C@H]43)C2=O)cc1. The first-order valence-corrected chi connectivity index (χ1v) is 11.1. The molecule has 0 radical (unpaired) electrons. The van der Waals surface area contributed by atoms with E-state index >= 15 is 0 Å². The molecule has 3 aliphatic rings. The quantitative estimate of drug-likeness (QED) is 0.703. The fraction of sp³-hybridized carbons (Fsp3) is 0.400. The van der Waals surface area contributed by atoms with Crippen molar-refractivity contribution in [2.45, 2.75) is 45.6 Å². The van der Waals surface area contributed by atoms with E-state index in [1.54, 1.807) is 31.2 Å². The Morgan fingerprint density at radius 1 is 1.16 bits per heavy atom. The van der Waals surface area contributed by atoms with Gasteiger partial charge in [-0.05, 0) is 75.4 Å². The highest BCUT2D eigenvalue weighted by atomic mass is 16.5. The highest BCUT2D eigenvalue weighted by Crippen LogP contribution is 2.49. The second-order valence-electron chi connectivity index (χ2n) is 8.55. The molecule has 6 heteroatoms. The molecule has 2 aromatic rings. The first-order chi connectivity index (χ1) is 15.1. The average Bonchev–Trinajstić information content (AvgIpc) is 3.05. The van der Waals surface area contributed by atoms with Crippen LogP contribution in [0, 0.1) is 5.41 Å². The fourth-order valence-corrected chi connectivity index (χ4v) is 5.43. The Morgan fingerprint density at radius 2 is 1.94 bits per heavy atom. The van der Waals surface area contributed by atoms with Gasteiger partial charge in [-0.15, -0.1) is 0 Å². The molecule has 1 amide bonds. The number of rotatable bonds is 3. The van der Waals surface area contributed by atoms with Crippen LogP contribution < -0.4 is 9.91 Å². The Labute approximate surface area is 182 Å². The van der Waals surface area contributed by atoms with Crippen LogP contribution >= 0.6 is 0 Å². The summed E-state index contributed by atoms with van der Waals surface area (Å²) in [6.07, 6.45) is 3.93. The summed E-state index contributed by atoms with van der Waals surface area (Å²) >= 11 is 0. The molecule has 1 saturated heterocycles. The summed E-state index contributed by atoms with van der Waals surface area (Å²) < 4.78 is 5.06. The van der Waals surface area contributed by atoms with Crippen molar-refractivity contribution in [1.82, 2.24) is 0 Å². The lowest BCUT2D eigenvalue weighted by atomic mass is 9.66. The Kier molecular flexibility index (Phi) is 4.80. The maximum atomic E-state index is 14.0. The monoisotopic (exact) mass is 417 g/mol. The predicted molar refractivity (Wildman–Crippen MR) is 121 cm³/mol. The highest BCUT2D eigenvalue weighted by molar-refractivity contribution is 6.20. The number of esters is 1. The van der Waals surface area contributed by atoms with Gasteiger partial charge in [-0.2, -0.15) is 10.1 Å². The van der Waals surface area contributed by atoms with Gasteiger partial charge < -0.3 is 9.64 Å². The molecule has 31 heavy (non-hydrogen) atoms. The molecule has 3 heterocycles. The molecule has 2 aromatic carbocycles. The number of benzene rings is 2. The van der Waals surface area contributed by atoms with Gasteiger partial charge in [-0.1, -0.05) is 18.2 Å². The summed E-state index contributed by atoms with van der Waals surface area (Å²) in [5.41, 5.74) is 3.85. The molecule has 5 rings (SSSR count). The number of carbonyl (C=O) groups is 2. The standard InChI is InChI=1S/C25H27N3O3/c1-3-31-23(29)18-11-13-20(14-12-18)28-24(30)25(17(2)26-28)16-19-8-4-5-9-21(19)27-15-7-6-10-22(25)27/h4-5,8-9,11-14,22H,3,6-7,10,15-16H2,1-2H3/t22-,25-/m0/s1. The van der Waals surface area contributed by atoms with Crippen molar-refractivity contribution in [3.05, 3.63) is 59.7 Å². The highest BCUT2D eigenvalue weighted by Gasteiger charge is 2.58. The number of fused-ring (bicyclic) bond motifs is 4. The number of amides is 1. The lowest BCUT2D eigenvalue weighted by molar-refractivity contribution is -0.125. The van der Waals surface area contributed by atoms with E-state index in [2.05, 4.69) is 29.2 Å². The number of hydrazone groups is 1. The van der Waals surface area contributed by atoms with Gasteiger partial charge in [-0.3, -0.25) is 4.79 Å². The predicted octanol–water partition coefficient (Wildman–Crippen LogP) is 4.19. The van der Waals surface area contributed by atoms with E-state index in [4.69, 9.17) is 9.84 Å². The van der Waals surface area contributed by atoms with Crippen molar-refractivity contribution in [2.24, 2.45) is 10.5 Å². The largest absolute Gasteiger partial charge is 0.462 e. The topological polar surface area (TPSA) is 62.2 Å². The van der Waals surface area contributed by atoms with E-state index in [9.17, 15) is 9.59 Å². The third-order valence-electron chi connectivity index (χ3n) is 6.93. The summed E-state index contributed by atoms with van der Waals surface area (Å²) in [5, 5.41) is 6.28. The average molecular weight is 418 g/mol. The normalized spacial score (nSPS) is 24.6. The molecule has 0 N–H and O–H groups in total. The van der Waals surface area contributed by atoms with Crippen LogP contribution in [0.5, 0.6) is 0 Å². The van der Waals surface area contributed by atoms with Crippen LogP contribution in [-0.4, -0.2) is 36.8 Å². The number of hydrogen-bond donors (Lipinski definition) is 0. The van der Waals surface area contributed by atoms with Crippen molar-refractivity contribution in [2.75, 3.05) is 23.1 Å². The minimum Gasteiger partial charge on any atom is -0.462 e. The van der Waals surface area contributed by atoms with Gasteiger partial charge in [0.1, 0.15) is 5.41 Å². The number of ether oxygens (including phenoxy) is 1.